The van der Waals surface area contributed by atoms with Gasteiger partial charge in [-0.25, -0.2) is 4.79 Å². The molecule has 0 saturated carbocycles. The summed E-state index contributed by atoms with van der Waals surface area (Å²) < 4.78 is 0. The number of likely N-dealkylation sites (N-methyl/N-ethyl adjacent to an activating group) is 1. The number of aliphatic carboxylic acids is 1. The molecule has 0 aromatic heterocycles. The third-order valence-corrected chi connectivity index (χ3v) is 3.71. The Hall–Kier alpha value is -0.710. The largest absolute Gasteiger partial charge is 0.480 e. The van der Waals surface area contributed by atoms with Crippen LogP contribution in [0.25, 0.3) is 0 Å². The van der Waals surface area contributed by atoms with Gasteiger partial charge in [-0.15, -0.1) is 0 Å². The average Bonchev–Trinajstić information content (AvgIpc) is 2.65. The molecule has 2 unspecified atom stereocenters. The van der Waals surface area contributed by atoms with Crippen LogP contribution in [-0.2, 0) is 9.59 Å². The van der Waals surface area contributed by atoms with Crippen molar-refractivity contribution in [2.45, 2.75) is 19.4 Å². The second kappa shape index (κ2) is 5.24. The molecular formula is C9H15NO3S. The Morgan fingerprint density at radius 1 is 1.79 bits per heavy atom. The number of thioether (sulfide) groups is 1. The number of carboxylic acid groups (broad SMARTS) is 1. The normalized spacial score (nSPS) is 23.1. The Labute approximate surface area is 87.7 Å². The first-order valence-electron chi connectivity index (χ1n) is 4.72. The van der Waals surface area contributed by atoms with Crippen LogP contribution in [0.1, 0.15) is 13.3 Å². The summed E-state index contributed by atoms with van der Waals surface area (Å²) in [6.45, 7) is 2.26. The Morgan fingerprint density at radius 3 is 2.86 bits per heavy atom. The number of carbonyl (C=O) groups excluding carboxylic acids is 1. The van der Waals surface area contributed by atoms with E-state index in [9.17, 15) is 9.59 Å². The third kappa shape index (κ3) is 2.41. The molecule has 80 valence electrons. The molecule has 1 fully saturated rings. The summed E-state index contributed by atoms with van der Waals surface area (Å²) in [6.07, 6.45) is 1.54. The molecule has 1 aliphatic heterocycles. The maximum absolute atomic E-state index is 11.0. The lowest BCUT2D eigenvalue weighted by Crippen LogP contribution is -2.45. The maximum atomic E-state index is 11.0. The molecule has 0 aromatic carbocycles. The molecule has 0 spiro atoms. The van der Waals surface area contributed by atoms with Crippen LogP contribution < -0.4 is 0 Å². The standard InChI is InChI=1S/C9H15NO3S/c1-2-10(6-11)8(9(12)13)7-3-4-14-5-7/h6-8H,2-5H2,1H3,(H,12,13). The van der Waals surface area contributed by atoms with Gasteiger partial charge in [0.05, 0.1) is 0 Å². The minimum Gasteiger partial charge on any atom is -0.480 e. The van der Waals surface area contributed by atoms with Crippen LogP contribution in [0.2, 0.25) is 0 Å². The molecular weight excluding hydrogens is 202 g/mol. The fraction of sp³-hybridized carbons (Fsp3) is 0.778. The van der Waals surface area contributed by atoms with Gasteiger partial charge in [-0.1, -0.05) is 0 Å². The molecule has 1 rings (SSSR count). The van der Waals surface area contributed by atoms with Crippen molar-refractivity contribution >= 4 is 24.1 Å². The van der Waals surface area contributed by atoms with Crippen LogP contribution in [0, 0.1) is 5.92 Å². The number of nitrogens with zero attached hydrogens (tertiary/aromatic N) is 1. The topological polar surface area (TPSA) is 57.6 Å². The number of carbonyl (C=O) groups is 2. The number of hydrogen-bond donors (Lipinski definition) is 1. The van der Waals surface area contributed by atoms with Gasteiger partial charge in [0.25, 0.3) is 0 Å². The molecule has 1 aliphatic rings. The molecule has 0 radical (unpaired) electrons. The van der Waals surface area contributed by atoms with Crippen molar-refractivity contribution < 1.29 is 14.7 Å². The molecule has 0 aromatic rings. The van der Waals surface area contributed by atoms with Crippen LogP contribution in [-0.4, -0.2) is 46.5 Å². The second-order valence-corrected chi connectivity index (χ2v) is 4.49. The van der Waals surface area contributed by atoms with E-state index in [-0.39, 0.29) is 5.92 Å². The van der Waals surface area contributed by atoms with Gasteiger partial charge >= 0.3 is 5.97 Å². The van der Waals surface area contributed by atoms with E-state index in [4.69, 9.17) is 5.11 Å². The summed E-state index contributed by atoms with van der Waals surface area (Å²) in [5.74, 6) is 1.08. The van der Waals surface area contributed by atoms with E-state index >= 15 is 0 Å². The SMILES string of the molecule is CCN(C=O)C(C(=O)O)C1CCSC1. The highest BCUT2D eigenvalue weighted by atomic mass is 32.2. The first-order chi connectivity index (χ1) is 6.70. The molecule has 1 saturated heterocycles. The minimum absolute atomic E-state index is 0.114. The number of rotatable bonds is 5. The fourth-order valence-corrected chi connectivity index (χ4v) is 3.04. The third-order valence-electron chi connectivity index (χ3n) is 2.52. The Morgan fingerprint density at radius 2 is 2.50 bits per heavy atom. The van der Waals surface area contributed by atoms with Crippen molar-refractivity contribution in [3.8, 4) is 0 Å². The average molecular weight is 217 g/mol. The van der Waals surface area contributed by atoms with Crippen molar-refractivity contribution in [1.82, 2.24) is 4.90 Å². The predicted octanol–water partition coefficient (Wildman–Crippen LogP) is 0.671. The fourth-order valence-electron chi connectivity index (χ4n) is 1.75. The van der Waals surface area contributed by atoms with Gasteiger partial charge in [0, 0.05) is 6.54 Å². The summed E-state index contributed by atoms with van der Waals surface area (Å²) in [5, 5.41) is 9.06. The van der Waals surface area contributed by atoms with Gasteiger partial charge in [-0.05, 0) is 30.8 Å². The van der Waals surface area contributed by atoms with E-state index in [0.717, 1.165) is 17.9 Å². The molecule has 2 atom stereocenters. The van der Waals surface area contributed by atoms with Gasteiger partial charge in [-0.2, -0.15) is 11.8 Å². The van der Waals surface area contributed by atoms with Crippen molar-refractivity contribution in [3.05, 3.63) is 0 Å². The molecule has 1 amide bonds. The van der Waals surface area contributed by atoms with Gasteiger partial charge in [-0.3, -0.25) is 4.79 Å². The molecule has 1 N–H and O–H groups in total. The highest BCUT2D eigenvalue weighted by molar-refractivity contribution is 7.99. The van der Waals surface area contributed by atoms with E-state index in [1.54, 1.807) is 18.7 Å². The monoisotopic (exact) mass is 217 g/mol. The van der Waals surface area contributed by atoms with Crippen molar-refractivity contribution in [2.24, 2.45) is 5.92 Å². The van der Waals surface area contributed by atoms with Gasteiger partial charge in [0.2, 0.25) is 6.41 Å². The zero-order valence-corrected chi connectivity index (χ0v) is 9.00. The summed E-state index contributed by atoms with van der Waals surface area (Å²) >= 11 is 1.76. The lowest BCUT2D eigenvalue weighted by atomic mass is 9.98. The van der Waals surface area contributed by atoms with Crippen molar-refractivity contribution in [2.75, 3.05) is 18.1 Å². The van der Waals surface area contributed by atoms with Crippen LogP contribution in [0.15, 0.2) is 0 Å². The zero-order chi connectivity index (χ0) is 10.6. The molecule has 4 nitrogen and oxygen atoms in total. The summed E-state index contributed by atoms with van der Waals surface area (Å²) in [5.41, 5.74) is 0. The number of hydrogen-bond acceptors (Lipinski definition) is 3. The minimum atomic E-state index is -0.883. The number of amides is 1. The maximum Gasteiger partial charge on any atom is 0.326 e. The molecule has 0 bridgehead atoms. The van der Waals surface area contributed by atoms with Gasteiger partial charge < -0.3 is 10.0 Å². The lowest BCUT2D eigenvalue weighted by Gasteiger charge is -2.27. The molecule has 0 aliphatic carbocycles. The Kier molecular flexibility index (Phi) is 4.25. The molecule has 1 heterocycles. The van der Waals surface area contributed by atoms with Crippen LogP contribution >= 0.6 is 11.8 Å². The molecule has 5 heteroatoms. The zero-order valence-electron chi connectivity index (χ0n) is 8.18. The highest BCUT2D eigenvalue weighted by Gasteiger charge is 2.34. The molecule has 14 heavy (non-hydrogen) atoms. The van der Waals surface area contributed by atoms with Gasteiger partial charge in [0.1, 0.15) is 6.04 Å². The summed E-state index contributed by atoms with van der Waals surface area (Å²) in [6, 6.07) is -0.632. The summed E-state index contributed by atoms with van der Waals surface area (Å²) in [4.78, 5) is 23.1. The Balaban J connectivity index is 2.70. The van der Waals surface area contributed by atoms with E-state index in [1.165, 1.54) is 4.90 Å². The van der Waals surface area contributed by atoms with E-state index in [1.807, 2.05) is 0 Å². The first kappa shape index (κ1) is 11.4. The summed E-state index contributed by atoms with van der Waals surface area (Å²) in [7, 11) is 0. The Bertz CT molecular complexity index is 216. The lowest BCUT2D eigenvalue weighted by molar-refractivity contribution is -0.148. The van der Waals surface area contributed by atoms with Crippen LogP contribution in [0.4, 0.5) is 0 Å². The predicted molar refractivity (Wildman–Crippen MR) is 55.3 cm³/mol. The number of carboxylic acids is 1. The van der Waals surface area contributed by atoms with Crippen molar-refractivity contribution in [1.29, 1.82) is 0 Å². The first-order valence-corrected chi connectivity index (χ1v) is 5.87. The highest BCUT2D eigenvalue weighted by Crippen LogP contribution is 2.28. The van der Waals surface area contributed by atoms with Crippen molar-refractivity contribution in [3.63, 3.8) is 0 Å². The second-order valence-electron chi connectivity index (χ2n) is 3.34. The van der Waals surface area contributed by atoms with Crippen LogP contribution in [0.5, 0.6) is 0 Å². The van der Waals surface area contributed by atoms with E-state index in [2.05, 4.69) is 0 Å². The smallest absolute Gasteiger partial charge is 0.326 e. The quantitative estimate of drug-likeness (QED) is 0.688. The van der Waals surface area contributed by atoms with E-state index < -0.39 is 12.0 Å². The van der Waals surface area contributed by atoms with E-state index in [0.29, 0.717) is 13.0 Å². The van der Waals surface area contributed by atoms with Crippen LogP contribution in [0.3, 0.4) is 0 Å². The van der Waals surface area contributed by atoms with Gasteiger partial charge in [0.15, 0.2) is 0 Å².